The molecule has 0 saturated heterocycles. The van der Waals surface area contributed by atoms with E-state index in [1.807, 2.05) is 0 Å². The fourth-order valence-electron chi connectivity index (χ4n) is 0.312. The van der Waals surface area contributed by atoms with Gasteiger partial charge in [0.05, 0.1) is 13.5 Å². The molecule has 0 amide bonds. The number of ether oxygens (including phenoxy) is 1. The fraction of sp³-hybridized carbons (Fsp3) is 0.500. The van der Waals surface area contributed by atoms with Crippen molar-refractivity contribution in [2.45, 2.75) is 13.3 Å². The predicted molar refractivity (Wildman–Crippen MR) is 36.2 cm³/mol. The molecule has 0 heterocycles. The molecule has 0 bridgehead atoms. The van der Waals surface area contributed by atoms with Crippen molar-refractivity contribution in [1.82, 2.24) is 0 Å². The Bertz CT molecular complexity index is 129. The van der Waals surface area contributed by atoms with Crippen molar-refractivity contribution in [3.05, 3.63) is 11.1 Å². The van der Waals surface area contributed by atoms with Gasteiger partial charge in [0.15, 0.2) is 0 Å². The lowest BCUT2D eigenvalue weighted by Gasteiger charge is -1.94. The molecule has 0 atom stereocenters. The summed E-state index contributed by atoms with van der Waals surface area (Å²) in [6.45, 7) is 1.77. The molecule has 0 fully saturated rings. The fourth-order valence-corrected chi connectivity index (χ4v) is 0.421. The number of rotatable bonds is 2. The Labute approximate surface area is 59.5 Å². The van der Waals surface area contributed by atoms with E-state index in [4.69, 9.17) is 11.6 Å². The molecule has 3 heteroatoms. The van der Waals surface area contributed by atoms with E-state index in [2.05, 4.69) is 4.74 Å². The predicted octanol–water partition coefficient (Wildman–Crippen LogP) is 1.69. The normalized spacial score (nSPS) is 11.2. The molecule has 9 heavy (non-hydrogen) atoms. The van der Waals surface area contributed by atoms with E-state index in [1.165, 1.54) is 7.11 Å². The van der Waals surface area contributed by atoms with E-state index in [9.17, 15) is 4.79 Å². The van der Waals surface area contributed by atoms with Gasteiger partial charge in [0.2, 0.25) is 0 Å². The number of hydrogen-bond acceptors (Lipinski definition) is 2. The summed E-state index contributed by atoms with van der Waals surface area (Å²) in [7, 11) is 1.34. The smallest absolute Gasteiger partial charge is 0.310 e. The van der Waals surface area contributed by atoms with Crippen LogP contribution in [-0.4, -0.2) is 13.1 Å². The zero-order chi connectivity index (χ0) is 7.28. The molecular weight excluding hydrogens is 140 g/mol. The van der Waals surface area contributed by atoms with Crippen molar-refractivity contribution in [3.63, 3.8) is 0 Å². The van der Waals surface area contributed by atoms with Gasteiger partial charge < -0.3 is 4.74 Å². The minimum Gasteiger partial charge on any atom is -0.469 e. The molecule has 2 nitrogen and oxygen atoms in total. The first kappa shape index (κ1) is 8.50. The molecule has 0 N–H and O–H groups in total. The summed E-state index contributed by atoms with van der Waals surface area (Å²) in [5.41, 5.74) is 0. The van der Waals surface area contributed by atoms with Gasteiger partial charge in [0, 0.05) is 5.03 Å². The summed E-state index contributed by atoms with van der Waals surface area (Å²) in [6.07, 6.45) is 1.84. The van der Waals surface area contributed by atoms with Crippen molar-refractivity contribution in [1.29, 1.82) is 0 Å². The van der Waals surface area contributed by atoms with Crippen molar-refractivity contribution in [2.24, 2.45) is 0 Å². The largest absolute Gasteiger partial charge is 0.469 e. The lowest BCUT2D eigenvalue weighted by Crippen LogP contribution is -1.98. The minimum absolute atomic E-state index is 0.175. The molecule has 0 aliphatic rings. The summed E-state index contributed by atoms with van der Waals surface area (Å²) in [4.78, 5) is 10.4. The average molecular weight is 149 g/mol. The SMILES string of the molecule is C/C=C(\Cl)CC(=O)OC. The molecule has 0 aromatic carbocycles. The topological polar surface area (TPSA) is 26.3 Å². The summed E-state index contributed by atoms with van der Waals surface area (Å²) in [6, 6.07) is 0. The van der Waals surface area contributed by atoms with Crippen LogP contribution in [0.2, 0.25) is 0 Å². The quantitative estimate of drug-likeness (QED) is 0.557. The number of carbonyl (C=O) groups is 1. The van der Waals surface area contributed by atoms with Crippen molar-refractivity contribution < 1.29 is 9.53 Å². The third-order valence-corrected chi connectivity index (χ3v) is 1.21. The molecule has 0 aliphatic heterocycles. The van der Waals surface area contributed by atoms with Gasteiger partial charge in [-0.2, -0.15) is 0 Å². The summed E-state index contributed by atoms with van der Waals surface area (Å²) in [5, 5.41) is 0.516. The van der Waals surface area contributed by atoms with Gasteiger partial charge >= 0.3 is 5.97 Å². The zero-order valence-electron chi connectivity index (χ0n) is 5.48. The van der Waals surface area contributed by atoms with Crippen LogP contribution in [0.15, 0.2) is 11.1 Å². The third kappa shape index (κ3) is 4.03. The van der Waals surface area contributed by atoms with Crippen LogP contribution in [0.4, 0.5) is 0 Å². The molecule has 52 valence electrons. The lowest BCUT2D eigenvalue weighted by molar-refractivity contribution is -0.139. The van der Waals surface area contributed by atoms with Crippen LogP contribution < -0.4 is 0 Å². The zero-order valence-corrected chi connectivity index (χ0v) is 6.23. The number of halogens is 1. The van der Waals surface area contributed by atoms with E-state index in [0.29, 0.717) is 5.03 Å². The minimum atomic E-state index is -0.307. The Morgan fingerprint density at radius 3 is 2.67 bits per heavy atom. The molecule has 0 aromatic heterocycles. The molecule has 0 rings (SSSR count). The lowest BCUT2D eigenvalue weighted by atomic mass is 10.4. The molecule has 0 spiro atoms. The Balaban J connectivity index is 3.60. The van der Waals surface area contributed by atoms with Crippen LogP contribution in [0.25, 0.3) is 0 Å². The standard InChI is InChI=1S/C6H9ClO2/c1-3-5(7)4-6(8)9-2/h3H,4H2,1-2H3/b5-3-. The van der Waals surface area contributed by atoms with Crippen molar-refractivity contribution in [2.75, 3.05) is 7.11 Å². The first-order valence-corrected chi connectivity index (χ1v) is 2.96. The van der Waals surface area contributed by atoms with Gasteiger partial charge in [-0.25, -0.2) is 0 Å². The second-order valence-corrected chi connectivity index (χ2v) is 1.97. The molecule has 0 saturated carbocycles. The molecular formula is C6H9ClO2. The van der Waals surface area contributed by atoms with Gasteiger partial charge in [-0.1, -0.05) is 17.7 Å². The highest BCUT2D eigenvalue weighted by Gasteiger charge is 2.00. The molecule has 0 radical (unpaired) electrons. The van der Waals surface area contributed by atoms with E-state index < -0.39 is 0 Å². The Morgan fingerprint density at radius 2 is 2.33 bits per heavy atom. The first-order chi connectivity index (χ1) is 4.20. The van der Waals surface area contributed by atoms with Crippen molar-refractivity contribution >= 4 is 17.6 Å². The number of carbonyl (C=O) groups excluding carboxylic acids is 1. The number of hydrogen-bond donors (Lipinski definition) is 0. The maximum Gasteiger partial charge on any atom is 0.310 e. The highest BCUT2D eigenvalue weighted by Crippen LogP contribution is 2.06. The van der Waals surface area contributed by atoms with Gasteiger partial charge in [0.25, 0.3) is 0 Å². The number of allylic oxidation sites excluding steroid dienone is 1. The summed E-state index contributed by atoms with van der Waals surface area (Å²) < 4.78 is 4.36. The Hall–Kier alpha value is -0.500. The summed E-state index contributed by atoms with van der Waals surface area (Å²) >= 11 is 5.50. The highest BCUT2D eigenvalue weighted by molar-refractivity contribution is 6.30. The summed E-state index contributed by atoms with van der Waals surface area (Å²) in [5.74, 6) is -0.307. The first-order valence-electron chi connectivity index (χ1n) is 2.58. The Kier molecular flexibility index (Phi) is 4.14. The van der Waals surface area contributed by atoms with E-state index >= 15 is 0 Å². The van der Waals surface area contributed by atoms with E-state index in [0.717, 1.165) is 0 Å². The van der Waals surface area contributed by atoms with Gasteiger partial charge in [0.1, 0.15) is 0 Å². The third-order valence-electron chi connectivity index (χ3n) is 0.854. The van der Waals surface area contributed by atoms with Crippen LogP contribution in [0, 0.1) is 0 Å². The maximum absolute atomic E-state index is 10.4. The monoisotopic (exact) mass is 148 g/mol. The van der Waals surface area contributed by atoms with Crippen molar-refractivity contribution in [3.8, 4) is 0 Å². The maximum atomic E-state index is 10.4. The van der Waals surface area contributed by atoms with Gasteiger partial charge in [-0.3, -0.25) is 4.79 Å². The second-order valence-electron chi connectivity index (χ2n) is 1.49. The highest BCUT2D eigenvalue weighted by atomic mass is 35.5. The van der Waals surface area contributed by atoms with Crippen LogP contribution in [0.3, 0.4) is 0 Å². The van der Waals surface area contributed by atoms with Gasteiger partial charge in [-0.05, 0) is 6.92 Å². The second kappa shape index (κ2) is 4.39. The van der Waals surface area contributed by atoms with E-state index in [1.54, 1.807) is 13.0 Å². The van der Waals surface area contributed by atoms with Crippen LogP contribution in [0.5, 0.6) is 0 Å². The van der Waals surface area contributed by atoms with E-state index in [-0.39, 0.29) is 12.4 Å². The Morgan fingerprint density at radius 1 is 1.78 bits per heavy atom. The van der Waals surface area contributed by atoms with Gasteiger partial charge in [-0.15, -0.1) is 0 Å². The van der Waals surface area contributed by atoms with Crippen LogP contribution in [-0.2, 0) is 9.53 Å². The number of esters is 1. The molecule has 0 aromatic rings. The molecule has 0 aliphatic carbocycles. The number of methoxy groups -OCH3 is 1. The van der Waals surface area contributed by atoms with Crippen LogP contribution in [0.1, 0.15) is 13.3 Å². The molecule has 0 unspecified atom stereocenters. The average Bonchev–Trinajstić information content (AvgIpc) is 1.87. The van der Waals surface area contributed by atoms with Crippen LogP contribution >= 0.6 is 11.6 Å².